The normalized spacial score (nSPS) is 10.7. The molecule has 11 heteroatoms. The van der Waals surface area contributed by atoms with Gasteiger partial charge in [0.15, 0.2) is 0 Å². The zero-order chi connectivity index (χ0) is 26.8. The maximum Gasteiger partial charge on any atom is 0.338 e. The number of rotatable bonds is 8. The fourth-order valence-electron chi connectivity index (χ4n) is 2.93. The third-order valence-corrected chi connectivity index (χ3v) is 4.97. The average molecular weight is 521 g/mol. The van der Waals surface area contributed by atoms with Gasteiger partial charge in [0.2, 0.25) is 0 Å². The Hall–Kier alpha value is -4.88. The summed E-state index contributed by atoms with van der Waals surface area (Å²) in [5.41, 5.74) is 0.897. The molecule has 0 spiro atoms. The average Bonchev–Trinajstić information content (AvgIpc) is 3.35. The number of amides is 3. The molecule has 3 rings (SSSR count). The molecule has 37 heavy (non-hydrogen) atoms. The molecular weight excluding hydrogens is 500 g/mol. The summed E-state index contributed by atoms with van der Waals surface area (Å²) in [5, 5.41) is 17.3. The molecule has 1 aromatic heterocycles. The molecule has 3 amide bonds. The highest BCUT2D eigenvalue weighted by molar-refractivity contribution is 6.39. The first-order chi connectivity index (χ1) is 17.8. The van der Waals surface area contributed by atoms with Gasteiger partial charge in [-0.25, -0.2) is 4.79 Å². The molecule has 0 saturated heterocycles. The molecule has 0 radical (unpaired) electrons. The molecule has 3 N–H and O–H groups in total. The van der Waals surface area contributed by atoms with Gasteiger partial charge in [-0.2, -0.15) is 5.26 Å². The lowest BCUT2D eigenvalue weighted by molar-refractivity contribution is -0.136. The standard InChI is InChI=1S/C26H21ClN4O6/c1-2-36-26(35)16-3-7-19(8-4-16)31-25(34)24(33)29-15-22-12-11-21(37-22)13-17(14-28)23(32)30-20-9-5-18(27)6-10-20/h3-13H,2,15H2,1H3,(H,29,33)(H,30,32)(H,31,34)/b17-13-. The molecule has 0 aliphatic heterocycles. The SMILES string of the molecule is CCOC(=O)c1ccc(NC(=O)C(=O)NCc2ccc(/C=C(/C#N)C(=O)Nc3ccc(Cl)cc3)o2)cc1. The molecule has 188 valence electrons. The van der Waals surface area contributed by atoms with Gasteiger partial charge in [-0.15, -0.1) is 0 Å². The number of hydrogen-bond acceptors (Lipinski definition) is 7. The van der Waals surface area contributed by atoms with E-state index in [-0.39, 0.29) is 24.5 Å². The van der Waals surface area contributed by atoms with Gasteiger partial charge in [0.05, 0.1) is 18.7 Å². The van der Waals surface area contributed by atoms with Crippen molar-refractivity contribution in [2.24, 2.45) is 0 Å². The van der Waals surface area contributed by atoms with E-state index >= 15 is 0 Å². The molecule has 0 fully saturated rings. The van der Waals surface area contributed by atoms with E-state index in [9.17, 15) is 24.4 Å². The maximum absolute atomic E-state index is 12.4. The molecule has 2 aromatic carbocycles. The van der Waals surface area contributed by atoms with Crippen molar-refractivity contribution in [1.29, 1.82) is 5.26 Å². The molecule has 0 saturated carbocycles. The van der Waals surface area contributed by atoms with Crippen LogP contribution in [0.15, 0.2) is 70.7 Å². The Morgan fingerprint density at radius 1 is 0.919 bits per heavy atom. The van der Waals surface area contributed by atoms with Crippen LogP contribution in [0.3, 0.4) is 0 Å². The zero-order valence-corrected chi connectivity index (χ0v) is 20.3. The van der Waals surface area contributed by atoms with Gasteiger partial charge in [0.25, 0.3) is 5.91 Å². The van der Waals surface area contributed by atoms with Gasteiger partial charge >= 0.3 is 17.8 Å². The molecule has 10 nitrogen and oxygen atoms in total. The van der Waals surface area contributed by atoms with E-state index in [0.717, 1.165) is 0 Å². The smallest absolute Gasteiger partial charge is 0.338 e. The minimum atomic E-state index is -0.916. The molecule has 0 atom stereocenters. The predicted octanol–water partition coefficient (Wildman–Crippen LogP) is 3.91. The van der Waals surface area contributed by atoms with Gasteiger partial charge in [0.1, 0.15) is 23.2 Å². The Labute approximate surface area is 216 Å². The first-order valence-electron chi connectivity index (χ1n) is 10.9. The number of furan rings is 1. The zero-order valence-electron chi connectivity index (χ0n) is 19.5. The minimum Gasteiger partial charge on any atom is -0.462 e. The molecule has 0 unspecified atom stereocenters. The first kappa shape index (κ1) is 26.7. The van der Waals surface area contributed by atoms with E-state index in [0.29, 0.717) is 27.7 Å². The second-order valence-electron chi connectivity index (χ2n) is 7.37. The largest absolute Gasteiger partial charge is 0.462 e. The van der Waals surface area contributed by atoms with E-state index in [1.54, 1.807) is 31.2 Å². The quantitative estimate of drug-likeness (QED) is 0.176. The van der Waals surface area contributed by atoms with Gasteiger partial charge in [-0.3, -0.25) is 14.4 Å². The third-order valence-electron chi connectivity index (χ3n) is 4.72. The van der Waals surface area contributed by atoms with Crippen LogP contribution in [0.1, 0.15) is 28.8 Å². The summed E-state index contributed by atoms with van der Waals surface area (Å²) in [4.78, 5) is 48.3. The summed E-state index contributed by atoms with van der Waals surface area (Å²) in [6, 6.07) is 17.1. The highest BCUT2D eigenvalue weighted by Crippen LogP contribution is 2.16. The minimum absolute atomic E-state index is 0.110. The van der Waals surface area contributed by atoms with E-state index < -0.39 is 23.7 Å². The van der Waals surface area contributed by atoms with Gasteiger partial charge in [0, 0.05) is 22.5 Å². The van der Waals surface area contributed by atoms with Crippen LogP contribution < -0.4 is 16.0 Å². The predicted molar refractivity (Wildman–Crippen MR) is 135 cm³/mol. The second kappa shape index (κ2) is 12.7. The maximum atomic E-state index is 12.4. The second-order valence-corrected chi connectivity index (χ2v) is 7.81. The molecule has 0 aliphatic carbocycles. The van der Waals surface area contributed by atoms with Crippen LogP contribution in [-0.2, 0) is 25.7 Å². The van der Waals surface area contributed by atoms with Crippen molar-refractivity contribution in [2.45, 2.75) is 13.5 Å². The number of anilines is 2. The number of carbonyl (C=O) groups is 4. The van der Waals surface area contributed by atoms with Crippen LogP contribution in [-0.4, -0.2) is 30.3 Å². The van der Waals surface area contributed by atoms with Crippen molar-refractivity contribution in [3.63, 3.8) is 0 Å². The Balaban J connectivity index is 1.53. The molecular formula is C26H21ClN4O6. The molecule has 1 heterocycles. The van der Waals surface area contributed by atoms with Crippen molar-refractivity contribution in [3.8, 4) is 6.07 Å². The fraction of sp³-hybridized carbons (Fsp3) is 0.115. The summed E-state index contributed by atoms with van der Waals surface area (Å²) in [7, 11) is 0. The van der Waals surface area contributed by atoms with Crippen molar-refractivity contribution >= 4 is 52.7 Å². The van der Waals surface area contributed by atoms with Crippen LogP contribution in [0.5, 0.6) is 0 Å². The van der Waals surface area contributed by atoms with Crippen molar-refractivity contribution in [2.75, 3.05) is 17.2 Å². The number of hydrogen-bond donors (Lipinski definition) is 3. The van der Waals surface area contributed by atoms with Crippen LogP contribution >= 0.6 is 11.6 Å². The van der Waals surface area contributed by atoms with Crippen LogP contribution in [0.25, 0.3) is 6.08 Å². The highest BCUT2D eigenvalue weighted by atomic mass is 35.5. The topological polar surface area (TPSA) is 151 Å². The molecule has 0 aliphatic rings. The Bertz CT molecular complexity index is 1370. The van der Waals surface area contributed by atoms with Gasteiger partial charge in [-0.1, -0.05) is 11.6 Å². The number of nitrogens with one attached hydrogen (secondary N) is 3. The third kappa shape index (κ3) is 7.81. The fourth-order valence-corrected chi connectivity index (χ4v) is 3.06. The van der Waals surface area contributed by atoms with Crippen molar-refractivity contribution in [3.05, 3.63) is 88.3 Å². The summed E-state index contributed by atoms with van der Waals surface area (Å²) < 4.78 is 10.4. The monoisotopic (exact) mass is 520 g/mol. The number of ether oxygens (including phenoxy) is 1. The summed E-state index contributed by atoms with van der Waals surface area (Å²) in [6.07, 6.45) is 1.25. The van der Waals surface area contributed by atoms with Gasteiger partial charge < -0.3 is 25.1 Å². The number of nitriles is 1. The number of benzene rings is 2. The summed E-state index contributed by atoms with van der Waals surface area (Å²) >= 11 is 5.82. The van der Waals surface area contributed by atoms with E-state index in [1.807, 2.05) is 6.07 Å². The Morgan fingerprint density at radius 3 is 2.16 bits per heavy atom. The Morgan fingerprint density at radius 2 is 1.54 bits per heavy atom. The van der Waals surface area contributed by atoms with Crippen LogP contribution in [0, 0.1) is 11.3 Å². The lowest BCUT2D eigenvalue weighted by atomic mass is 10.2. The van der Waals surface area contributed by atoms with Gasteiger partial charge in [-0.05, 0) is 67.6 Å². The lowest BCUT2D eigenvalue weighted by Gasteiger charge is -2.07. The Kier molecular flexibility index (Phi) is 9.18. The summed E-state index contributed by atoms with van der Waals surface area (Å²) in [5.74, 6) is -2.46. The number of carbonyl (C=O) groups excluding carboxylic acids is 4. The van der Waals surface area contributed by atoms with Crippen molar-refractivity contribution in [1.82, 2.24) is 5.32 Å². The van der Waals surface area contributed by atoms with Crippen LogP contribution in [0.2, 0.25) is 5.02 Å². The number of nitrogens with zero attached hydrogens (tertiary/aromatic N) is 1. The summed E-state index contributed by atoms with van der Waals surface area (Å²) in [6.45, 7) is 1.82. The lowest BCUT2D eigenvalue weighted by Crippen LogP contribution is -2.34. The van der Waals surface area contributed by atoms with Crippen molar-refractivity contribution < 1.29 is 28.3 Å². The molecule has 3 aromatic rings. The number of halogens is 1. The first-order valence-corrected chi connectivity index (χ1v) is 11.3. The number of esters is 1. The molecule has 0 bridgehead atoms. The van der Waals surface area contributed by atoms with E-state index in [4.69, 9.17) is 20.8 Å². The van der Waals surface area contributed by atoms with Crippen LogP contribution in [0.4, 0.5) is 11.4 Å². The van der Waals surface area contributed by atoms with E-state index in [1.165, 1.54) is 42.5 Å². The highest BCUT2D eigenvalue weighted by Gasteiger charge is 2.16. The van der Waals surface area contributed by atoms with E-state index in [2.05, 4.69) is 16.0 Å².